The maximum atomic E-state index is 14.1. The normalized spacial score (nSPS) is 19.9. The number of rotatable bonds is 7. The third-order valence-corrected chi connectivity index (χ3v) is 5.86. The van der Waals surface area contributed by atoms with Gasteiger partial charge in [-0.05, 0) is 36.6 Å². The highest BCUT2D eigenvalue weighted by atomic mass is 19.1. The molecule has 0 spiro atoms. The lowest BCUT2D eigenvalue weighted by Gasteiger charge is -2.26. The van der Waals surface area contributed by atoms with Crippen molar-refractivity contribution in [3.63, 3.8) is 0 Å². The van der Waals surface area contributed by atoms with Crippen LogP contribution in [0.4, 0.5) is 10.2 Å². The van der Waals surface area contributed by atoms with Crippen LogP contribution >= 0.6 is 0 Å². The molecule has 0 radical (unpaired) electrons. The van der Waals surface area contributed by atoms with Crippen molar-refractivity contribution in [1.82, 2.24) is 20.5 Å². The maximum absolute atomic E-state index is 14.1. The van der Waals surface area contributed by atoms with E-state index >= 15 is 0 Å². The Labute approximate surface area is 189 Å². The van der Waals surface area contributed by atoms with Crippen molar-refractivity contribution in [3.8, 4) is 0 Å². The fourth-order valence-electron chi connectivity index (χ4n) is 4.13. The molecule has 1 aromatic heterocycles. The molecule has 0 aliphatic carbocycles. The number of hydrogen-bond acceptors (Lipinski definition) is 5. The zero-order valence-electron chi connectivity index (χ0n) is 18.8. The summed E-state index contributed by atoms with van der Waals surface area (Å²) in [6, 6.07) is 12.0. The summed E-state index contributed by atoms with van der Waals surface area (Å²) in [5, 5.41) is 6.82. The molecule has 0 saturated carbocycles. The second-order valence-corrected chi connectivity index (χ2v) is 8.28. The van der Waals surface area contributed by atoms with Gasteiger partial charge in [-0.1, -0.05) is 24.3 Å². The summed E-state index contributed by atoms with van der Waals surface area (Å²) in [4.78, 5) is 13.4. The monoisotopic (exact) mass is 440 g/mol. The van der Waals surface area contributed by atoms with E-state index in [1.165, 1.54) is 17.2 Å². The summed E-state index contributed by atoms with van der Waals surface area (Å²) in [5.74, 6) is 0.944. The first-order valence-corrected chi connectivity index (χ1v) is 11.5. The van der Waals surface area contributed by atoms with Crippen LogP contribution in [0.15, 0.2) is 47.6 Å². The fraction of sp³-hybridized carbons (Fsp3) is 0.500. The van der Waals surface area contributed by atoms with Crippen molar-refractivity contribution in [1.29, 1.82) is 0 Å². The molecule has 2 aliphatic heterocycles. The number of aliphatic imine (C=N–C) groups is 1. The van der Waals surface area contributed by atoms with Gasteiger partial charge in [0.2, 0.25) is 0 Å². The van der Waals surface area contributed by atoms with Gasteiger partial charge in [0.15, 0.2) is 17.6 Å². The summed E-state index contributed by atoms with van der Waals surface area (Å²) in [6.45, 7) is 9.53. The third-order valence-electron chi connectivity index (χ3n) is 5.86. The number of nitrogens with zero attached hydrogens (tertiary/aromatic N) is 4. The molecule has 0 amide bonds. The minimum atomic E-state index is -0.272. The van der Waals surface area contributed by atoms with E-state index < -0.39 is 0 Å². The standard InChI is InChI=1S/C24H33FN6O/c1-2-26-24(29-21-9-11-31(18-21)23-22(25)4-3-10-27-23)28-16-19-5-7-20(8-6-19)17-30-12-14-32-15-13-30/h3-8,10,21H,2,9,11-18H2,1H3,(H2,26,28,29). The van der Waals surface area contributed by atoms with E-state index in [-0.39, 0.29) is 11.9 Å². The van der Waals surface area contributed by atoms with Crippen molar-refractivity contribution in [3.05, 3.63) is 59.5 Å². The first kappa shape index (κ1) is 22.5. The number of pyridine rings is 1. The average molecular weight is 441 g/mol. The fourth-order valence-corrected chi connectivity index (χ4v) is 4.13. The van der Waals surface area contributed by atoms with E-state index in [4.69, 9.17) is 9.73 Å². The van der Waals surface area contributed by atoms with Gasteiger partial charge in [-0.25, -0.2) is 14.4 Å². The summed E-state index contributed by atoms with van der Waals surface area (Å²) in [6.07, 6.45) is 2.55. The van der Waals surface area contributed by atoms with Crippen LogP contribution in [0.2, 0.25) is 0 Å². The lowest BCUT2D eigenvalue weighted by Crippen LogP contribution is -2.44. The van der Waals surface area contributed by atoms with E-state index in [1.807, 2.05) is 4.90 Å². The minimum Gasteiger partial charge on any atom is -0.379 e. The molecular weight excluding hydrogens is 407 g/mol. The van der Waals surface area contributed by atoms with Crippen LogP contribution in [-0.4, -0.2) is 67.8 Å². The van der Waals surface area contributed by atoms with Crippen LogP contribution in [0.3, 0.4) is 0 Å². The molecule has 172 valence electrons. The van der Waals surface area contributed by atoms with Crippen LogP contribution in [-0.2, 0) is 17.8 Å². The molecule has 1 unspecified atom stereocenters. The number of guanidine groups is 1. The molecule has 7 nitrogen and oxygen atoms in total. The first-order valence-electron chi connectivity index (χ1n) is 11.5. The molecule has 2 aromatic rings. The van der Waals surface area contributed by atoms with E-state index in [0.717, 1.165) is 58.3 Å². The molecule has 2 N–H and O–H groups in total. The molecule has 1 atom stereocenters. The lowest BCUT2D eigenvalue weighted by molar-refractivity contribution is 0.0342. The van der Waals surface area contributed by atoms with Crippen LogP contribution < -0.4 is 15.5 Å². The number of nitrogens with one attached hydrogen (secondary N) is 2. The molecule has 2 saturated heterocycles. The smallest absolute Gasteiger partial charge is 0.191 e. The number of halogens is 1. The maximum Gasteiger partial charge on any atom is 0.191 e. The topological polar surface area (TPSA) is 65.0 Å². The van der Waals surface area contributed by atoms with Crippen LogP contribution in [0.25, 0.3) is 0 Å². The molecule has 2 fully saturated rings. The minimum absolute atomic E-state index is 0.199. The molecule has 3 heterocycles. The van der Waals surface area contributed by atoms with Gasteiger partial charge in [-0.2, -0.15) is 0 Å². The third kappa shape index (κ3) is 6.17. The number of hydrogen-bond donors (Lipinski definition) is 2. The Kier molecular flexibility index (Phi) is 7.90. The van der Waals surface area contributed by atoms with E-state index in [0.29, 0.717) is 18.9 Å². The largest absolute Gasteiger partial charge is 0.379 e. The number of aromatic nitrogens is 1. The van der Waals surface area contributed by atoms with Gasteiger partial charge >= 0.3 is 0 Å². The van der Waals surface area contributed by atoms with Crippen molar-refractivity contribution >= 4 is 11.8 Å². The lowest BCUT2D eigenvalue weighted by atomic mass is 10.1. The summed E-state index contributed by atoms with van der Waals surface area (Å²) < 4.78 is 19.5. The highest BCUT2D eigenvalue weighted by molar-refractivity contribution is 5.80. The molecule has 4 rings (SSSR count). The highest BCUT2D eigenvalue weighted by Crippen LogP contribution is 2.20. The van der Waals surface area contributed by atoms with Gasteiger partial charge < -0.3 is 20.3 Å². The predicted octanol–water partition coefficient (Wildman–Crippen LogP) is 2.39. The van der Waals surface area contributed by atoms with E-state index in [1.54, 1.807) is 12.3 Å². The Morgan fingerprint density at radius 1 is 1.16 bits per heavy atom. The van der Waals surface area contributed by atoms with Gasteiger partial charge in [-0.15, -0.1) is 0 Å². The van der Waals surface area contributed by atoms with Gasteiger partial charge in [0.1, 0.15) is 0 Å². The number of ether oxygens (including phenoxy) is 1. The molecular formula is C24H33FN6O. The number of morpholine rings is 1. The van der Waals surface area contributed by atoms with Crippen molar-refractivity contribution in [2.45, 2.75) is 32.5 Å². The number of anilines is 1. The molecule has 1 aromatic carbocycles. The second kappa shape index (κ2) is 11.2. The Morgan fingerprint density at radius 2 is 1.94 bits per heavy atom. The van der Waals surface area contributed by atoms with Crippen LogP contribution in [0.1, 0.15) is 24.5 Å². The molecule has 8 heteroatoms. The van der Waals surface area contributed by atoms with Gasteiger partial charge in [0, 0.05) is 51.5 Å². The van der Waals surface area contributed by atoms with Gasteiger partial charge in [0.25, 0.3) is 0 Å². The number of benzene rings is 1. The Bertz CT molecular complexity index is 884. The highest BCUT2D eigenvalue weighted by Gasteiger charge is 2.25. The molecule has 0 bridgehead atoms. The Hall–Kier alpha value is -2.71. The Balaban J connectivity index is 1.30. The summed E-state index contributed by atoms with van der Waals surface area (Å²) in [5.41, 5.74) is 2.49. The SMILES string of the molecule is CCNC(=NCc1ccc(CN2CCOCC2)cc1)NC1CCN(c2ncccc2F)C1. The van der Waals surface area contributed by atoms with Crippen LogP contribution in [0.5, 0.6) is 0 Å². The van der Waals surface area contributed by atoms with E-state index in [9.17, 15) is 4.39 Å². The van der Waals surface area contributed by atoms with E-state index in [2.05, 4.69) is 51.7 Å². The zero-order valence-corrected chi connectivity index (χ0v) is 18.8. The molecule has 32 heavy (non-hydrogen) atoms. The molecule has 2 aliphatic rings. The van der Waals surface area contributed by atoms with Crippen LogP contribution in [0, 0.1) is 5.82 Å². The quantitative estimate of drug-likeness (QED) is 0.509. The Morgan fingerprint density at radius 3 is 2.69 bits per heavy atom. The van der Waals surface area contributed by atoms with Gasteiger partial charge in [-0.3, -0.25) is 4.90 Å². The second-order valence-electron chi connectivity index (χ2n) is 8.28. The zero-order chi connectivity index (χ0) is 22.2. The van der Waals surface area contributed by atoms with Crippen molar-refractivity contribution in [2.24, 2.45) is 4.99 Å². The van der Waals surface area contributed by atoms with Crippen molar-refractivity contribution < 1.29 is 9.13 Å². The predicted molar refractivity (Wildman–Crippen MR) is 125 cm³/mol. The summed E-state index contributed by atoms with van der Waals surface area (Å²) in [7, 11) is 0. The first-order chi connectivity index (χ1) is 15.7. The average Bonchev–Trinajstić information content (AvgIpc) is 3.28. The van der Waals surface area contributed by atoms with Gasteiger partial charge in [0.05, 0.1) is 19.8 Å². The van der Waals surface area contributed by atoms with Crippen molar-refractivity contribution in [2.75, 3.05) is 50.8 Å². The summed E-state index contributed by atoms with van der Waals surface area (Å²) >= 11 is 0.